The third-order valence-corrected chi connectivity index (χ3v) is 4.29. The van der Waals surface area contributed by atoms with E-state index in [1.165, 1.54) is 5.56 Å². The summed E-state index contributed by atoms with van der Waals surface area (Å²) in [6, 6.07) is 10.1. The van der Waals surface area contributed by atoms with Crippen molar-refractivity contribution in [2.45, 2.75) is 50.2 Å². The summed E-state index contributed by atoms with van der Waals surface area (Å²) in [5.41, 5.74) is 7.41. The van der Waals surface area contributed by atoms with Gasteiger partial charge in [-0.15, -0.1) is 11.8 Å². The third-order valence-electron chi connectivity index (χ3n) is 3.02. The number of nitrogens with two attached hydrogens (primary N) is 1. The summed E-state index contributed by atoms with van der Waals surface area (Å²) in [6.07, 6.45) is 1.72. The monoisotopic (exact) mass is 305 g/mol. The topological polar surface area (TPSA) is 64.9 Å². The second-order valence-corrected chi connectivity index (χ2v) is 7.88. The Labute approximate surface area is 130 Å². The largest absolute Gasteiger partial charge is 0.338 e. The Bertz CT molecular complexity index is 548. The number of hydrogen-bond acceptors (Lipinski definition) is 5. The van der Waals surface area contributed by atoms with Gasteiger partial charge in [0.05, 0.1) is 11.8 Å². The predicted molar refractivity (Wildman–Crippen MR) is 87.0 cm³/mol. The van der Waals surface area contributed by atoms with Gasteiger partial charge in [0.25, 0.3) is 0 Å². The predicted octanol–water partition coefficient (Wildman–Crippen LogP) is 3.73. The molecule has 0 bridgehead atoms. The van der Waals surface area contributed by atoms with E-state index >= 15 is 0 Å². The van der Waals surface area contributed by atoms with Crippen molar-refractivity contribution in [3.63, 3.8) is 0 Å². The standard InChI is InChI=1S/C16H23N3OS/c1-16(2,3)21-11-14-18-15(20-19-14)13(17)10-9-12-7-5-4-6-8-12/h4-8,13H,9-11,17H2,1-3H3. The van der Waals surface area contributed by atoms with E-state index in [9.17, 15) is 0 Å². The summed E-state index contributed by atoms with van der Waals surface area (Å²) in [5, 5.41) is 4.01. The van der Waals surface area contributed by atoms with E-state index in [0.29, 0.717) is 5.89 Å². The summed E-state index contributed by atoms with van der Waals surface area (Å²) >= 11 is 1.80. The van der Waals surface area contributed by atoms with E-state index in [4.69, 9.17) is 10.3 Å². The van der Waals surface area contributed by atoms with Gasteiger partial charge in [-0.1, -0.05) is 56.3 Å². The van der Waals surface area contributed by atoms with Gasteiger partial charge >= 0.3 is 0 Å². The fourth-order valence-electron chi connectivity index (χ4n) is 1.85. The Morgan fingerprint density at radius 1 is 1.24 bits per heavy atom. The van der Waals surface area contributed by atoms with Gasteiger partial charge in [-0.05, 0) is 18.4 Å². The second kappa shape index (κ2) is 7.09. The van der Waals surface area contributed by atoms with Crippen LogP contribution in [0.5, 0.6) is 0 Å². The molecule has 114 valence electrons. The zero-order chi connectivity index (χ0) is 15.3. The highest BCUT2D eigenvalue weighted by molar-refractivity contribution is 7.99. The highest BCUT2D eigenvalue weighted by atomic mass is 32.2. The lowest BCUT2D eigenvalue weighted by Gasteiger charge is -2.15. The van der Waals surface area contributed by atoms with Crippen LogP contribution in [0, 0.1) is 0 Å². The minimum Gasteiger partial charge on any atom is -0.338 e. The molecule has 0 aliphatic rings. The highest BCUT2D eigenvalue weighted by Crippen LogP contribution is 2.26. The first-order valence-electron chi connectivity index (χ1n) is 7.20. The second-order valence-electron chi connectivity index (χ2n) is 6.08. The summed E-state index contributed by atoms with van der Waals surface area (Å²) in [6.45, 7) is 6.51. The molecule has 1 aromatic carbocycles. The van der Waals surface area contributed by atoms with Crippen LogP contribution in [0.1, 0.15) is 50.5 Å². The molecule has 2 rings (SSSR count). The van der Waals surface area contributed by atoms with Crippen molar-refractivity contribution in [3.8, 4) is 0 Å². The number of thioether (sulfide) groups is 1. The fraction of sp³-hybridized carbons (Fsp3) is 0.500. The molecule has 4 nitrogen and oxygen atoms in total. The molecule has 0 radical (unpaired) electrons. The Morgan fingerprint density at radius 3 is 2.62 bits per heavy atom. The van der Waals surface area contributed by atoms with E-state index in [2.05, 4.69) is 43.0 Å². The average Bonchev–Trinajstić information content (AvgIpc) is 2.92. The van der Waals surface area contributed by atoms with Crippen molar-refractivity contribution in [2.24, 2.45) is 5.73 Å². The Morgan fingerprint density at radius 2 is 1.95 bits per heavy atom. The molecule has 1 heterocycles. The van der Waals surface area contributed by atoms with Crippen LogP contribution in [0.15, 0.2) is 34.9 Å². The molecule has 0 amide bonds. The zero-order valence-corrected chi connectivity index (χ0v) is 13.7. The molecule has 1 aromatic heterocycles. The highest BCUT2D eigenvalue weighted by Gasteiger charge is 2.17. The van der Waals surface area contributed by atoms with Crippen molar-refractivity contribution >= 4 is 11.8 Å². The molecule has 1 unspecified atom stereocenters. The van der Waals surface area contributed by atoms with Gasteiger partial charge in [-0.25, -0.2) is 0 Å². The minimum absolute atomic E-state index is 0.191. The van der Waals surface area contributed by atoms with Crippen molar-refractivity contribution in [2.75, 3.05) is 0 Å². The van der Waals surface area contributed by atoms with E-state index in [1.807, 2.05) is 18.2 Å². The SMILES string of the molecule is CC(C)(C)SCc1noc(C(N)CCc2ccccc2)n1. The summed E-state index contributed by atoms with van der Waals surface area (Å²) in [5.74, 6) is 2.01. The lowest BCUT2D eigenvalue weighted by atomic mass is 10.1. The maximum absolute atomic E-state index is 6.14. The van der Waals surface area contributed by atoms with Gasteiger partial charge in [-0.2, -0.15) is 4.98 Å². The number of rotatable bonds is 6. The molecular formula is C16H23N3OS. The number of hydrogen-bond donors (Lipinski definition) is 1. The summed E-state index contributed by atoms with van der Waals surface area (Å²) in [7, 11) is 0. The maximum atomic E-state index is 6.14. The molecule has 0 spiro atoms. The van der Waals surface area contributed by atoms with Gasteiger partial charge in [0.15, 0.2) is 5.82 Å². The molecule has 0 aliphatic heterocycles. The zero-order valence-electron chi connectivity index (χ0n) is 12.9. The molecule has 0 fully saturated rings. The molecule has 0 aliphatic carbocycles. The number of aromatic nitrogens is 2. The summed E-state index contributed by atoms with van der Waals surface area (Å²) < 4.78 is 5.47. The van der Waals surface area contributed by atoms with Gasteiger partial charge < -0.3 is 10.3 Å². The van der Waals surface area contributed by atoms with Crippen LogP contribution < -0.4 is 5.73 Å². The third kappa shape index (κ3) is 5.52. The van der Waals surface area contributed by atoms with Crippen LogP contribution in [0.4, 0.5) is 0 Å². The van der Waals surface area contributed by atoms with Crippen molar-refractivity contribution in [1.82, 2.24) is 10.1 Å². The lowest BCUT2D eigenvalue weighted by Crippen LogP contribution is -2.12. The van der Waals surface area contributed by atoms with Gasteiger partial charge in [0, 0.05) is 4.75 Å². The first-order chi connectivity index (χ1) is 9.94. The summed E-state index contributed by atoms with van der Waals surface area (Å²) in [4.78, 5) is 4.40. The van der Waals surface area contributed by atoms with Gasteiger partial charge in [0.2, 0.25) is 5.89 Å². The number of benzene rings is 1. The van der Waals surface area contributed by atoms with Crippen LogP contribution in [0.25, 0.3) is 0 Å². The molecule has 0 saturated heterocycles. The maximum Gasteiger partial charge on any atom is 0.243 e. The number of nitrogens with zero attached hydrogens (tertiary/aromatic N) is 2. The molecule has 2 aromatic rings. The van der Waals surface area contributed by atoms with Crippen LogP contribution in [0.2, 0.25) is 0 Å². The molecule has 0 saturated carbocycles. The van der Waals surface area contributed by atoms with E-state index < -0.39 is 0 Å². The normalized spacial score (nSPS) is 13.3. The number of aryl methyl sites for hydroxylation is 1. The van der Waals surface area contributed by atoms with Gasteiger partial charge in [0.1, 0.15) is 0 Å². The van der Waals surface area contributed by atoms with E-state index in [1.54, 1.807) is 11.8 Å². The average molecular weight is 305 g/mol. The van der Waals surface area contributed by atoms with Crippen molar-refractivity contribution < 1.29 is 4.52 Å². The van der Waals surface area contributed by atoms with E-state index in [-0.39, 0.29) is 10.8 Å². The Hall–Kier alpha value is -1.33. The smallest absolute Gasteiger partial charge is 0.243 e. The van der Waals surface area contributed by atoms with Gasteiger partial charge in [-0.3, -0.25) is 0 Å². The lowest BCUT2D eigenvalue weighted by molar-refractivity contribution is 0.346. The van der Waals surface area contributed by atoms with E-state index in [0.717, 1.165) is 24.4 Å². The first kappa shape index (κ1) is 16.0. The molecule has 1 atom stereocenters. The van der Waals surface area contributed by atoms with Crippen LogP contribution >= 0.6 is 11.8 Å². The van der Waals surface area contributed by atoms with Crippen LogP contribution in [0.3, 0.4) is 0 Å². The molecule has 5 heteroatoms. The molecule has 21 heavy (non-hydrogen) atoms. The minimum atomic E-state index is -0.203. The molecular weight excluding hydrogens is 282 g/mol. The van der Waals surface area contributed by atoms with Crippen LogP contribution in [-0.4, -0.2) is 14.9 Å². The fourth-order valence-corrected chi connectivity index (χ4v) is 2.53. The van der Waals surface area contributed by atoms with Crippen molar-refractivity contribution in [3.05, 3.63) is 47.6 Å². The Kier molecular flexibility index (Phi) is 5.42. The Balaban J connectivity index is 1.85. The first-order valence-corrected chi connectivity index (χ1v) is 8.18. The molecule has 2 N–H and O–H groups in total. The quantitative estimate of drug-likeness (QED) is 0.881. The van der Waals surface area contributed by atoms with Crippen LogP contribution in [-0.2, 0) is 12.2 Å². The van der Waals surface area contributed by atoms with Crippen molar-refractivity contribution in [1.29, 1.82) is 0 Å².